The average Bonchev–Trinajstić information content (AvgIpc) is 2.74. The zero-order chi connectivity index (χ0) is 22.4. The summed E-state index contributed by atoms with van der Waals surface area (Å²) in [5.41, 5.74) is 1.30. The van der Waals surface area contributed by atoms with E-state index in [0.717, 1.165) is 5.56 Å². The predicted molar refractivity (Wildman–Crippen MR) is 113 cm³/mol. The fourth-order valence-corrected chi connectivity index (χ4v) is 4.38. The second-order valence-corrected chi connectivity index (χ2v) is 9.03. The highest BCUT2D eigenvalue weighted by Crippen LogP contribution is 2.19. The Hall–Kier alpha value is -2.59. The number of hydrogen-bond acceptors (Lipinski definition) is 5. The molecule has 0 unspecified atom stereocenters. The molecule has 1 aliphatic rings. The maximum absolute atomic E-state index is 13.6. The lowest BCUT2D eigenvalue weighted by Crippen LogP contribution is -2.49. The largest absolute Gasteiger partial charge is 0.394 e. The van der Waals surface area contributed by atoms with Crippen molar-refractivity contribution in [2.75, 3.05) is 6.61 Å². The van der Waals surface area contributed by atoms with E-state index in [1.165, 1.54) is 18.2 Å². The lowest BCUT2D eigenvalue weighted by atomic mass is 10.1. The van der Waals surface area contributed by atoms with Gasteiger partial charge in [-0.25, -0.2) is 17.5 Å². The molecule has 0 bridgehead atoms. The van der Waals surface area contributed by atoms with Gasteiger partial charge in [-0.05, 0) is 25.1 Å². The molecular weight excluding hydrogens is 423 g/mol. The first-order valence-electron chi connectivity index (χ1n) is 9.82. The number of ether oxygens (including phenoxy) is 1. The molecule has 166 valence electrons. The van der Waals surface area contributed by atoms with Gasteiger partial charge in [0.05, 0.1) is 30.1 Å². The monoisotopic (exact) mass is 448 g/mol. The maximum atomic E-state index is 13.6. The fourth-order valence-electron chi connectivity index (χ4n) is 3.17. The predicted octanol–water partition coefficient (Wildman–Crippen LogP) is 1.80. The molecule has 3 rings (SSSR count). The molecule has 0 aliphatic carbocycles. The van der Waals surface area contributed by atoms with Gasteiger partial charge in [0.15, 0.2) is 0 Å². The number of carbonyl (C=O) groups excluding carboxylic acids is 1. The second-order valence-electron chi connectivity index (χ2n) is 7.31. The smallest absolute Gasteiger partial charge is 0.241 e. The van der Waals surface area contributed by atoms with Crippen LogP contribution in [0.25, 0.3) is 0 Å². The van der Waals surface area contributed by atoms with Crippen LogP contribution in [0.4, 0.5) is 4.39 Å². The molecule has 0 spiro atoms. The van der Waals surface area contributed by atoms with E-state index in [2.05, 4.69) is 10.0 Å². The summed E-state index contributed by atoms with van der Waals surface area (Å²) in [6.07, 6.45) is 1.62. The second kappa shape index (κ2) is 10.1. The Morgan fingerprint density at radius 3 is 2.52 bits per heavy atom. The topological polar surface area (TPSA) is 105 Å². The number of halogens is 1. The Morgan fingerprint density at radius 2 is 1.84 bits per heavy atom. The molecule has 0 saturated heterocycles. The number of amides is 1. The van der Waals surface area contributed by atoms with Gasteiger partial charge in [-0.2, -0.15) is 0 Å². The van der Waals surface area contributed by atoms with Crippen LogP contribution in [-0.2, 0) is 26.1 Å². The normalized spacial score (nSPS) is 21.1. The van der Waals surface area contributed by atoms with E-state index < -0.39 is 40.7 Å². The molecule has 1 heterocycles. The fraction of sp³-hybridized carbons (Fsp3) is 0.318. The highest BCUT2D eigenvalue weighted by Gasteiger charge is 2.31. The Labute approximate surface area is 181 Å². The third kappa shape index (κ3) is 6.20. The van der Waals surface area contributed by atoms with E-state index in [-0.39, 0.29) is 23.8 Å². The van der Waals surface area contributed by atoms with Crippen molar-refractivity contribution >= 4 is 15.9 Å². The molecule has 0 saturated carbocycles. The highest BCUT2D eigenvalue weighted by molar-refractivity contribution is 7.89. The van der Waals surface area contributed by atoms with Gasteiger partial charge >= 0.3 is 0 Å². The third-order valence-electron chi connectivity index (χ3n) is 4.91. The van der Waals surface area contributed by atoms with E-state index >= 15 is 0 Å². The summed E-state index contributed by atoms with van der Waals surface area (Å²) < 4.78 is 47.1. The van der Waals surface area contributed by atoms with Gasteiger partial charge in [0.25, 0.3) is 0 Å². The summed E-state index contributed by atoms with van der Waals surface area (Å²) in [6.45, 7) is 1.47. The average molecular weight is 449 g/mol. The highest BCUT2D eigenvalue weighted by atomic mass is 32.2. The number of sulfonamides is 1. The molecule has 7 nitrogen and oxygen atoms in total. The molecule has 3 atom stereocenters. The minimum Gasteiger partial charge on any atom is -0.394 e. The number of aliphatic hydroxyl groups is 1. The maximum Gasteiger partial charge on any atom is 0.241 e. The molecule has 1 aliphatic heterocycles. The number of hydrogen-bond donors (Lipinski definition) is 3. The lowest BCUT2D eigenvalue weighted by molar-refractivity contribution is -0.125. The standard InChI is InChI=1S/C22H25FN2O5S/c1-15-6-9-18(10-7-15)31(28,29)25-20-11-8-17(30-21(20)14-26)12-22(27)24-13-16-4-2-3-5-19(16)23/h2-11,17,20-21,25-26H,12-14H2,1H3,(H,24,27)/t17-,20-,21+/m0/s1. The Balaban J connectivity index is 1.59. The van der Waals surface area contributed by atoms with Gasteiger partial charge in [0, 0.05) is 12.1 Å². The van der Waals surface area contributed by atoms with E-state index in [9.17, 15) is 22.7 Å². The quantitative estimate of drug-likeness (QED) is 0.534. The van der Waals surface area contributed by atoms with Crippen molar-refractivity contribution in [2.45, 2.75) is 43.0 Å². The lowest BCUT2D eigenvalue weighted by Gasteiger charge is -2.31. The zero-order valence-corrected chi connectivity index (χ0v) is 17.8. The molecule has 0 aromatic heterocycles. The van der Waals surface area contributed by atoms with Crippen molar-refractivity contribution in [3.05, 3.63) is 77.6 Å². The third-order valence-corrected chi connectivity index (χ3v) is 6.38. The van der Waals surface area contributed by atoms with Crippen LogP contribution in [0.2, 0.25) is 0 Å². The Morgan fingerprint density at radius 1 is 1.13 bits per heavy atom. The summed E-state index contributed by atoms with van der Waals surface area (Å²) in [5, 5.41) is 12.3. The first-order chi connectivity index (χ1) is 14.8. The molecule has 2 aromatic carbocycles. The number of aryl methyl sites for hydroxylation is 1. The van der Waals surface area contributed by atoms with Gasteiger partial charge in [-0.15, -0.1) is 0 Å². The van der Waals surface area contributed by atoms with Crippen LogP contribution in [0.15, 0.2) is 65.6 Å². The van der Waals surface area contributed by atoms with Crippen molar-refractivity contribution in [3.63, 3.8) is 0 Å². The van der Waals surface area contributed by atoms with Crippen LogP contribution in [0.5, 0.6) is 0 Å². The number of nitrogens with one attached hydrogen (secondary N) is 2. The van der Waals surface area contributed by atoms with Crippen LogP contribution in [0, 0.1) is 12.7 Å². The van der Waals surface area contributed by atoms with Crippen molar-refractivity contribution < 1.29 is 27.4 Å². The Bertz CT molecular complexity index is 1040. The number of benzene rings is 2. The van der Waals surface area contributed by atoms with Crippen molar-refractivity contribution in [1.29, 1.82) is 0 Å². The van der Waals surface area contributed by atoms with Crippen molar-refractivity contribution in [2.24, 2.45) is 0 Å². The molecule has 0 radical (unpaired) electrons. The summed E-state index contributed by atoms with van der Waals surface area (Å²) in [7, 11) is -3.81. The summed E-state index contributed by atoms with van der Waals surface area (Å²) >= 11 is 0. The molecule has 3 N–H and O–H groups in total. The van der Waals surface area contributed by atoms with E-state index in [4.69, 9.17) is 4.74 Å². The van der Waals surface area contributed by atoms with Gasteiger partial charge in [0.1, 0.15) is 11.9 Å². The Kier molecular flexibility index (Phi) is 7.55. The van der Waals surface area contributed by atoms with Gasteiger partial charge in [-0.1, -0.05) is 48.0 Å². The van der Waals surface area contributed by atoms with Crippen LogP contribution in [0.1, 0.15) is 17.5 Å². The van der Waals surface area contributed by atoms with E-state index in [1.54, 1.807) is 42.5 Å². The first-order valence-corrected chi connectivity index (χ1v) is 11.3. The molecule has 2 aromatic rings. The minimum atomic E-state index is -3.81. The van der Waals surface area contributed by atoms with Crippen LogP contribution in [0.3, 0.4) is 0 Å². The zero-order valence-electron chi connectivity index (χ0n) is 17.0. The molecule has 31 heavy (non-hydrogen) atoms. The van der Waals surface area contributed by atoms with Crippen LogP contribution >= 0.6 is 0 Å². The minimum absolute atomic E-state index is 0.0428. The number of carbonyl (C=O) groups is 1. The number of aliphatic hydroxyl groups excluding tert-OH is 1. The van der Waals surface area contributed by atoms with E-state index in [1.807, 2.05) is 6.92 Å². The van der Waals surface area contributed by atoms with Gasteiger partial charge in [0.2, 0.25) is 15.9 Å². The first kappa shape index (κ1) is 23.1. The molecule has 9 heteroatoms. The van der Waals surface area contributed by atoms with Crippen molar-refractivity contribution in [1.82, 2.24) is 10.0 Å². The van der Waals surface area contributed by atoms with Gasteiger partial charge in [-0.3, -0.25) is 4.79 Å². The molecule has 1 amide bonds. The van der Waals surface area contributed by atoms with Gasteiger partial charge < -0.3 is 15.2 Å². The summed E-state index contributed by atoms with van der Waals surface area (Å²) in [4.78, 5) is 12.3. The SMILES string of the molecule is Cc1ccc(S(=O)(=O)N[C@H]2C=C[C@@H](CC(=O)NCc3ccccc3F)O[C@@H]2CO)cc1. The van der Waals surface area contributed by atoms with Crippen molar-refractivity contribution in [3.8, 4) is 0 Å². The molecular formula is C22H25FN2O5S. The van der Waals surface area contributed by atoms with Crippen LogP contribution in [-0.4, -0.2) is 44.3 Å². The summed E-state index contributed by atoms with van der Waals surface area (Å²) in [6, 6.07) is 11.8. The summed E-state index contributed by atoms with van der Waals surface area (Å²) in [5.74, 6) is -0.756. The molecule has 0 fully saturated rings. The van der Waals surface area contributed by atoms with E-state index in [0.29, 0.717) is 5.56 Å². The number of rotatable bonds is 8. The van der Waals surface area contributed by atoms with Crippen LogP contribution < -0.4 is 10.0 Å².